The molecule has 1 aliphatic carbocycles. The Morgan fingerprint density at radius 3 is 2.76 bits per heavy atom. The Hall–Kier alpha value is -1.85. The lowest BCUT2D eigenvalue weighted by Crippen LogP contribution is -2.26. The average Bonchev–Trinajstić information content (AvgIpc) is 2.86. The van der Waals surface area contributed by atoms with Gasteiger partial charge in [0.05, 0.1) is 11.3 Å². The molecule has 0 aromatic carbocycles. The Morgan fingerprint density at radius 2 is 2.10 bits per heavy atom. The summed E-state index contributed by atoms with van der Waals surface area (Å²) in [5.74, 6) is -0.609. The van der Waals surface area contributed by atoms with E-state index in [1.807, 2.05) is 7.05 Å². The molecule has 0 unspecified atom stereocenters. The fourth-order valence-electron chi connectivity index (χ4n) is 2.89. The second kappa shape index (κ2) is 7.24. The summed E-state index contributed by atoms with van der Waals surface area (Å²) in [5.41, 5.74) is 1.53. The van der Waals surface area contributed by atoms with Crippen LogP contribution in [0.2, 0.25) is 0 Å². The van der Waals surface area contributed by atoms with E-state index in [4.69, 9.17) is 5.11 Å². The fraction of sp³-hybridized carbons (Fsp3) is 0.667. The minimum Gasteiger partial charge on any atom is -0.481 e. The van der Waals surface area contributed by atoms with Gasteiger partial charge in [0.25, 0.3) is 5.91 Å². The van der Waals surface area contributed by atoms with Gasteiger partial charge < -0.3 is 10.4 Å². The van der Waals surface area contributed by atoms with Crippen LogP contribution in [0.15, 0.2) is 6.20 Å². The Labute approximate surface area is 124 Å². The molecule has 2 rings (SSSR count). The molecule has 6 nitrogen and oxygen atoms in total. The van der Waals surface area contributed by atoms with Crippen LogP contribution in [0.25, 0.3) is 0 Å². The Bertz CT molecular complexity index is 504. The number of hydrogen-bond donors (Lipinski definition) is 2. The summed E-state index contributed by atoms with van der Waals surface area (Å²) in [6.45, 7) is 0.379. The van der Waals surface area contributed by atoms with Crippen molar-refractivity contribution in [3.05, 3.63) is 17.5 Å². The number of nitrogens with zero attached hydrogens (tertiary/aromatic N) is 2. The van der Waals surface area contributed by atoms with Crippen molar-refractivity contribution < 1.29 is 14.7 Å². The molecule has 1 aromatic heterocycles. The SMILES string of the molecule is Cn1cc(C(=O)NCCCC(=O)O)c(C2CCCCC2)n1. The van der Waals surface area contributed by atoms with Crippen LogP contribution in [0, 0.1) is 0 Å². The molecule has 1 aromatic rings. The van der Waals surface area contributed by atoms with Gasteiger partial charge in [0.2, 0.25) is 0 Å². The summed E-state index contributed by atoms with van der Waals surface area (Å²) in [6.07, 6.45) is 8.12. The van der Waals surface area contributed by atoms with E-state index < -0.39 is 5.97 Å². The van der Waals surface area contributed by atoms with Crippen LogP contribution in [-0.4, -0.2) is 33.3 Å². The van der Waals surface area contributed by atoms with E-state index in [9.17, 15) is 9.59 Å². The molecule has 6 heteroatoms. The standard InChI is InChI=1S/C15H23N3O3/c1-18-10-12(15(21)16-9-5-8-13(19)20)14(17-18)11-6-3-2-4-7-11/h10-11H,2-9H2,1H3,(H,16,21)(H,19,20). The average molecular weight is 293 g/mol. The Balaban J connectivity index is 1.98. The first-order valence-corrected chi connectivity index (χ1v) is 7.61. The van der Waals surface area contributed by atoms with Crippen LogP contribution >= 0.6 is 0 Å². The second-order valence-corrected chi connectivity index (χ2v) is 5.69. The molecule has 0 aliphatic heterocycles. The van der Waals surface area contributed by atoms with Gasteiger partial charge in [0.15, 0.2) is 0 Å². The first kappa shape index (κ1) is 15.5. The normalized spacial score (nSPS) is 15.9. The van der Waals surface area contributed by atoms with Gasteiger partial charge in [-0.25, -0.2) is 0 Å². The number of rotatable bonds is 6. The van der Waals surface area contributed by atoms with Crippen molar-refractivity contribution in [1.82, 2.24) is 15.1 Å². The number of carbonyl (C=O) groups is 2. The summed E-state index contributed by atoms with van der Waals surface area (Å²) < 4.78 is 1.69. The van der Waals surface area contributed by atoms with Crippen molar-refractivity contribution >= 4 is 11.9 Å². The molecule has 0 saturated heterocycles. The fourth-order valence-corrected chi connectivity index (χ4v) is 2.89. The summed E-state index contributed by atoms with van der Waals surface area (Å²) in [4.78, 5) is 22.7. The van der Waals surface area contributed by atoms with Gasteiger partial charge in [0.1, 0.15) is 0 Å². The smallest absolute Gasteiger partial charge is 0.303 e. The molecule has 1 heterocycles. The van der Waals surface area contributed by atoms with E-state index in [0.29, 0.717) is 24.4 Å². The lowest BCUT2D eigenvalue weighted by molar-refractivity contribution is -0.137. The maximum atomic E-state index is 12.3. The molecule has 1 amide bonds. The zero-order valence-corrected chi connectivity index (χ0v) is 12.5. The van der Waals surface area contributed by atoms with E-state index in [1.165, 1.54) is 19.3 Å². The van der Waals surface area contributed by atoms with Crippen LogP contribution in [0.4, 0.5) is 0 Å². The minimum atomic E-state index is -0.839. The molecule has 116 valence electrons. The van der Waals surface area contributed by atoms with Crippen LogP contribution in [-0.2, 0) is 11.8 Å². The van der Waals surface area contributed by atoms with Gasteiger partial charge >= 0.3 is 5.97 Å². The van der Waals surface area contributed by atoms with E-state index in [2.05, 4.69) is 10.4 Å². The number of amides is 1. The minimum absolute atomic E-state index is 0.0722. The summed E-state index contributed by atoms with van der Waals surface area (Å²) in [6, 6.07) is 0. The molecular formula is C15H23N3O3. The van der Waals surface area contributed by atoms with Crippen molar-refractivity contribution in [2.75, 3.05) is 6.54 Å². The van der Waals surface area contributed by atoms with E-state index >= 15 is 0 Å². The molecule has 0 atom stereocenters. The highest BCUT2D eigenvalue weighted by Gasteiger charge is 2.24. The number of aliphatic carboxylic acids is 1. The van der Waals surface area contributed by atoms with Gasteiger partial charge in [-0.3, -0.25) is 14.3 Å². The molecule has 0 bridgehead atoms. The van der Waals surface area contributed by atoms with Crippen molar-refractivity contribution in [1.29, 1.82) is 0 Å². The van der Waals surface area contributed by atoms with E-state index in [1.54, 1.807) is 10.9 Å². The summed E-state index contributed by atoms with van der Waals surface area (Å²) in [5, 5.41) is 15.9. The quantitative estimate of drug-likeness (QED) is 0.786. The summed E-state index contributed by atoms with van der Waals surface area (Å²) in [7, 11) is 1.83. The molecule has 21 heavy (non-hydrogen) atoms. The predicted molar refractivity (Wildman–Crippen MR) is 78.2 cm³/mol. The van der Waals surface area contributed by atoms with Crippen molar-refractivity contribution in [3.63, 3.8) is 0 Å². The second-order valence-electron chi connectivity index (χ2n) is 5.69. The zero-order chi connectivity index (χ0) is 15.2. The Kier molecular flexibility index (Phi) is 5.36. The van der Waals surface area contributed by atoms with Crippen molar-refractivity contribution in [2.24, 2.45) is 7.05 Å². The van der Waals surface area contributed by atoms with Gasteiger partial charge in [-0.15, -0.1) is 0 Å². The maximum absolute atomic E-state index is 12.3. The topological polar surface area (TPSA) is 84.2 Å². The number of carboxylic acids is 1. The third-order valence-corrected chi connectivity index (χ3v) is 3.95. The predicted octanol–water partition coefficient (Wildman–Crippen LogP) is 2.06. The first-order valence-electron chi connectivity index (χ1n) is 7.61. The molecule has 1 saturated carbocycles. The van der Waals surface area contributed by atoms with Crippen molar-refractivity contribution in [3.8, 4) is 0 Å². The third kappa shape index (κ3) is 4.31. The molecular weight excluding hydrogens is 270 g/mol. The summed E-state index contributed by atoms with van der Waals surface area (Å²) >= 11 is 0. The molecule has 1 aliphatic rings. The third-order valence-electron chi connectivity index (χ3n) is 3.95. The van der Waals surface area contributed by atoms with Gasteiger partial charge in [-0.05, 0) is 19.3 Å². The number of aromatic nitrogens is 2. The van der Waals surface area contributed by atoms with Crippen LogP contribution in [0.3, 0.4) is 0 Å². The molecule has 0 spiro atoms. The first-order chi connectivity index (χ1) is 10.1. The lowest BCUT2D eigenvalue weighted by atomic mass is 9.85. The maximum Gasteiger partial charge on any atom is 0.303 e. The van der Waals surface area contributed by atoms with Crippen LogP contribution < -0.4 is 5.32 Å². The zero-order valence-electron chi connectivity index (χ0n) is 12.5. The number of carboxylic acid groups (broad SMARTS) is 1. The lowest BCUT2D eigenvalue weighted by Gasteiger charge is -2.20. The van der Waals surface area contributed by atoms with Gasteiger partial charge in [0, 0.05) is 32.1 Å². The highest BCUT2D eigenvalue weighted by atomic mass is 16.4. The highest BCUT2D eigenvalue weighted by molar-refractivity contribution is 5.95. The van der Waals surface area contributed by atoms with Crippen LogP contribution in [0.5, 0.6) is 0 Å². The van der Waals surface area contributed by atoms with Crippen LogP contribution in [0.1, 0.15) is 66.9 Å². The number of carbonyl (C=O) groups excluding carboxylic acids is 1. The van der Waals surface area contributed by atoms with Gasteiger partial charge in [-0.2, -0.15) is 5.10 Å². The molecule has 0 radical (unpaired) electrons. The molecule has 2 N–H and O–H groups in total. The highest BCUT2D eigenvalue weighted by Crippen LogP contribution is 2.33. The monoisotopic (exact) mass is 293 g/mol. The van der Waals surface area contributed by atoms with Crippen molar-refractivity contribution in [2.45, 2.75) is 50.9 Å². The van der Waals surface area contributed by atoms with E-state index in [-0.39, 0.29) is 12.3 Å². The van der Waals surface area contributed by atoms with E-state index in [0.717, 1.165) is 18.5 Å². The van der Waals surface area contributed by atoms with Gasteiger partial charge in [-0.1, -0.05) is 19.3 Å². The number of nitrogens with one attached hydrogen (secondary N) is 1. The Morgan fingerprint density at radius 1 is 1.38 bits per heavy atom. The number of hydrogen-bond acceptors (Lipinski definition) is 3. The molecule has 1 fully saturated rings. The largest absolute Gasteiger partial charge is 0.481 e. The number of aryl methyl sites for hydroxylation is 1.